The van der Waals surface area contributed by atoms with Gasteiger partial charge in [-0.15, -0.1) is 0 Å². The second kappa shape index (κ2) is 5.37. The van der Waals surface area contributed by atoms with Crippen molar-refractivity contribution in [1.82, 2.24) is 0 Å². The van der Waals surface area contributed by atoms with E-state index in [1.54, 1.807) is 24.3 Å². The largest absolute Gasteiger partial charge is 0.417 e. The quantitative estimate of drug-likeness (QED) is 0.815. The number of aryl methyl sites for hydroxylation is 1. The number of alkyl halides is 3. The summed E-state index contributed by atoms with van der Waals surface area (Å²) in [4.78, 5) is 0. The van der Waals surface area contributed by atoms with Crippen molar-refractivity contribution >= 4 is 17.1 Å². The van der Waals surface area contributed by atoms with Crippen LogP contribution in [0.1, 0.15) is 16.7 Å². The number of nitrogens with zero attached hydrogens (tertiary/aromatic N) is 1. The van der Waals surface area contributed by atoms with Crippen LogP contribution in [0.2, 0.25) is 0 Å². The van der Waals surface area contributed by atoms with Gasteiger partial charge in [0.1, 0.15) is 0 Å². The molecule has 21 heavy (non-hydrogen) atoms. The fourth-order valence-electron chi connectivity index (χ4n) is 2.01. The number of benzene rings is 2. The molecule has 0 aliphatic heterocycles. The van der Waals surface area contributed by atoms with E-state index in [1.165, 1.54) is 6.07 Å². The summed E-state index contributed by atoms with van der Waals surface area (Å²) in [5.41, 5.74) is 6.56. The molecule has 108 valence electrons. The van der Waals surface area contributed by atoms with Crippen molar-refractivity contribution in [1.29, 1.82) is 5.26 Å². The lowest BCUT2D eigenvalue weighted by Crippen LogP contribution is -2.08. The molecule has 0 spiro atoms. The van der Waals surface area contributed by atoms with E-state index < -0.39 is 17.3 Å². The molecule has 0 fully saturated rings. The van der Waals surface area contributed by atoms with Crippen molar-refractivity contribution in [2.75, 3.05) is 11.1 Å². The van der Waals surface area contributed by atoms with Gasteiger partial charge in [0, 0.05) is 17.1 Å². The molecule has 3 nitrogen and oxygen atoms in total. The van der Waals surface area contributed by atoms with Crippen LogP contribution in [0.15, 0.2) is 36.4 Å². The van der Waals surface area contributed by atoms with Crippen molar-refractivity contribution in [2.24, 2.45) is 0 Å². The Kier molecular flexibility index (Phi) is 3.76. The highest BCUT2D eigenvalue weighted by Crippen LogP contribution is 2.34. The van der Waals surface area contributed by atoms with E-state index in [9.17, 15) is 13.2 Å². The van der Waals surface area contributed by atoms with Crippen LogP contribution >= 0.6 is 0 Å². The zero-order valence-electron chi connectivity index (χ0n) is 11.1. The number of nitriles is 1. The van der Waals surface area contributed by atoms with E-state index in [1.807, 2.05) is 6.92 Å². The van der Waals surface area contributed by atoms with Crippen molar-refractivity contribution in [2.45, 2.75) is 13.1 Å². The SMILES string of the molecule is Cc1cc(N)cc(Nc2ccc(C#N)c(C(F)(F)F)c2)c1. The third-order valence-electron chi connectivity index (χ3n) is 2.83. The highest BCUT2D eigenvalue weighted by molar-refractivity contribution is 5.66. The molecule has 0 aliphatic carbocycles. The van der Waals surface area contributed by atoms with Gasteiger partial charge in [-0.05, 0) is 48.9 Å². The zero-order valence-corrected chi connectivity index (χ0v) is 11.1. The molecule has 0 bridgehead atoms. The topological polar surface area (TPSA) is 61.8 Å². The molecule has 2 aromatic carbocycles. The normalized spacial score (nSPS) is 11.0. The van der Waals surface area contributed by atoms with Gasteiger partial charge in [0.25, 0.3) is 0 Å². The lowest BCUT2D eigenvalue weighted by Gasteiger charge is -2.13. The monoisotopic (exact) mass is 291 g/mol. The van der Waals surface area contributed by atoms with Gasteiger partial charge >= 0.3 is 6.18 Å². The predicted octanol–water partition coefficient (Wildman–Crippen LogP) is 4.21. The van der Waals surface area contributed by atoms with Crippen LogP contribution in [0.4, 0.5) is 30.2 Å². The Morgan fingerprint density at radius 1 is 1.10 bits per heavy atom. The maximum absolute atomic E-state index is 12.9. The van der Waals surface area contributed by atoms with Crippen LogP contribution < -0.4 is 11.1 Å². The molecule has 0 radical (unpaired) electrons. The van der Waals surface area contributed by atoms with Crippen molar-refractivity contribution < 1.29 is 13.2 Å². The molecule has 0 unspecified atom stereocenters. The van der Waals surface area contributed by atoms with Crippen LogP contribution in [0.25, 0.3) is 0 Å². The maximum atomic E-state index is 12.9. The minimum Gasteiger partial charge on any atom is -0.399 e. The number of nitrogen functional groups attached to an aromatic ring is 1. The molecule has 0 saturated heterocycles. The van der Waals surface area contributed by atoms with Gasteiger partial charge in [-0.25, -0.2) is 0 Å². The molecule has 0 atom stereocenters. The number of anilines is 3. The summed E-state index contributed by atoms with van der Waals surface area (Å²) < 4.78 is 38.7. The fraction of sp³-hybridized carbons (Fsp3) is 0.133. The highest BCUT2D eigenvalue weighted by Gasteiger charge is 2.33. The molecule has 2 rings (SSSR count). The summed E-state index contributed by atoms with van der Waals surface area (Å²) in [6.07, 6.45) is -4.58. The van der Waals surface area contributed by atoms with Crippen molar-refractivity contribution in [3.63, 3.8) is 0 Å². The van der Waals surface area contributed by atoms with E-state index in [2.05, 4.69) is 5.32 Å². The van der Waals surface area contributed by atoms with Crippen LogP contribution in [-0.2, 0) is 6.18 Å². The second-order valence-corrected chi connectivity index (χ2v) is 4.63. The Balaban J connectivity index is 2.40. The first-order valence-corrected chi connectivity index (χ1v) is 6.05. The molecule has 0 aliphatic rings. The number of rotatable bonds is 2. The molecule has 2 aromatic rings. The van der Waals surface area contributed by atoms with Gasteiger partial charge in [-0.1, -0.05) is 0 Å². The van der Waals surface area contributed by atoms with E-state index >= 15 is 0 Å². The average Bonchev–Trinajstić information content (AvgIpc) is 2.36. The molecule has 0 amide bonds. The molecular weight excluding hydrogens is 279 g/mol. The van der Waals surface area contributed by atoms with Gasteiger partial charge in [0.2, 0.25) is 0 Å². The summed E-state index contributed by atoms with van der Waals surface area (Å²) in [5.74, 6) is 0. The molecule has 0 aromatic heterocycles. The van der Waals surface area contributed by atoms with Gasteiger partial charge in [0.15, 0.2) is 0 Å². The summed E-state index contributed by atoms with van der Waals surface area (Å²) in [7, 11) is 0. The average molecular weight is 291 g/mol. The minimum absolute atomic E-state index is 0.242. The molecule has 0 heterocycles. The third kappa shape index (κ3) is 3.45. The van der Waals surface area contributed by atoms with Crippen LogP contribution in [0.5, 0.6) is 0 Å². The Labute approximate surface area is 119 Å². The zero-order chi connectivity index (χ0) is 15.6. The number of nitrogens with two attached hydrogens (primary N) is 1. The Bertz CT molecular complexity index is 695. The van der Waals surface area contributed by atoms with Gasteiger partial charge in [0.05, 0.1) is 17.2 Å². The van der Waals surface area contributed by atoms with Crippen LogP contribution in [0.3, 0.4) is 0 Å². The molecule has 0 saturated carbocycles. The first-order valence-electron chi connectivity index (χ1n) is 6.05. The number of hydrogen-bond donors (Lipinski definition) is 2. The number of nitrogens with one attached hydrogen (secondary N) is 1. The smallest absolute Gasteiger partial charge is 0.399 e. The Morgan fingerprint density at radius 3 is 2.38 bits per heavy atom. The highest BCUT2D eigenvalue weighted by atomic mass is 19.4. The van der Waals surface area contributed by atoms with Gasteiger partial charge in [-0.3, -0.25) is 0 Å². The summed E-state index contributed by atoms with van der Waals surface area (Å²) in [5, 5.41) is 11.6. The van der Waals surface area contributed by atoms with E-state index in [0.29, 0.717) is 11.4 Å². The fourth-order valence-corrected chi connectivity index (χ4v) is 2.01. The first kappa shape index (κ1) is 14.7. The lowest BCUT2D eigenvalue weighted by molar-refractivity contribution is -0.137. The minimum atomic E-state index is -4.58. The van der Waals surface area contributed by atoms with E-state index in [-0.39, 0.29) is 5.69 Å². The third-order valence-corrected chi connectivity index (χ3v) is 2.83. The number of halogens is 3. The van der Waals surface area contributed by atoms with Crippen LogP contribution in [-0.4, -0.2) is 0 Å². The van der Waals surface area contributed by atoms with Gasteiger partial charge < -0.3 is 11.1 Å². The maximum Gasteiger partial charge on any atom is 0.417 e. The van der Waals surface area contributed by atoms with Crippen molar-refractivity contribution in [3.05, 3.63) is 53.1 Å². The lowest BCUT2D eigenvalue weighted by atomic mass is 10.1. The molecular formula is C15H12F3N3. The Morgan fingerprint density at radius 2 is 1.81 bits per heavy atom. The summed E-state index contributed by atoms with van der Waals surface area (Å²) in [6, 6.07) is 10.2. The van der Waals surface area contributed by atoms with E-state index in [4.69, 9.17) is 11.0 Å². The summed E-state index contributed by atoms with van der Waals surface area (Å²) in [6.45, 7) is 1.83. The van der Waals surface area contributed by atoms with Gasteiger partial charge in [-0.2, -0.15) is 18.4 Å². The molecule has 6 heteroatoms. The van der Waals surface area contributed by atoms with Crippen LogP contribution in [0, 0.1) is 18.3 Å². The van der Waals surface area contributed by atoms with E-state index in [0.717, 1.165) is 17.7 Å². The van der Waals surface area contributed by atoms with Crippen molar-refractivity contribution in [3.8, 4) is 6.07 Å². The standard InChI is InChI=1S/C15H12F3N3/c1-9-4-11(20)6-13(5-9)21-12-3-2-10(8-19)14(7-12)15(16,17)18/h2-7,21H,20H2,1H3. The second-order valence-electron chi connectivity index (χ2n) is 4.63. The Hall–Kier alpha value is -2.68. The molecule has 3 N–H and O–H groups in total. The predicted molar refractivity (Wildman–Crippen MR) is 75.0 cm³/mol. The number of hydrogen-bond acceptors (Lipinski definition) is 3. The summed E-state index contributed by atoms with van der Waals surface area (Å²) >= 11 is 0. The first-order chi connectivity index (χ1) is 9.79.